The zero-order valence-corrected chi connectivity index (χ0v) is 10.1. The highest BCUT2D eigenvalue weighted by molar-refractivity contribution is 6.31. The van der Waals surface area contributed by atoms with E-state index in [1.165, 1.54) is 19.3 Å². The summed E-state index contributed by atoms with van der Waals surface area (Å²) in [7, 11) is 1.92. The van der Waals surface area contributed by atoms with E-state index < -0.39 is 0 Å². The molecule has 1 heterocycles. The van der Waals surface area contributed by atoms with Crippen LogP contribution in [0.4, 0.5) is 0 Å². The fraction of sp³-hybridized carbons (Fsp3) is 0.727. The molecule has 2 saturated carbocycles. The van der Waals surface area contributed by atoms with Crippen molar-refractivity contribution in [3.05, 3.63) is 16.9 Å². The average molecular weight is 241 g/mol. The van der Waals surface area contributed by atoms with Crippen molar-refractivity contribution in [1.82, 2.24) is 15.2 Å². The first-order chi connectivity index (χ1) is 7.74. The van der Waals surface area contributed by atoms with Gasteiger partial charge in [-0.3, -0.25) is 16.0 Å². The second kappa shape index (κ2) is 3.72. The zero-order chi connectivity index (χ0) is 11.3. The molecule has 2 aliphatic carbocycles. The van der Waals surface area contributed by atoms with Crippen LogP contribution in [0.15, 0.2) is 6.20 Å². The van der Waals surface area contributed by atoms with E-state index in [4.69, 9.17) is 17.4 Å². The van der Waals surface area contributed by atoms with E-state index in [9.17, 15) is 0 Å². The lowest BCUT2D eigenvalue weighted by Gasteiger charge is -2.18. The van der Waals surface area contributed by atoms with Crippen LogP contribution >= 0.6 is 11.6 Å². The number of rotatable bonds is 3. The van der Waals surface area contributed by atoms with E-state index in [1.54, 1.807) is 6.20 Å². The maximum absolute atomic E-state index is 6.17. The summed E-state index contributed by atoms with van der Waals surface area (Å²) in [4.78, 5) is 0. The molecule has 0 aromatic carbocycles. The molecule has 1 aromatic rings. The largest absolute Gasteiger partial charge is 0.271 e. The molecule has 0 spiro atoms. The molecule has 0 saturated heterocycles. The number of aromatic nitrogens is 2. The van der Waals surface area contributed by atoms with Crippen molar-refractivity contribution in [2.75, 3.05) is 0 Å². The number of hydrogen-bond acceptors (Lipinski definition) is 3. The van der Waals surface area contributed by atoms with E-state index in [2.05, 4.69) is 10.5 Å². The van der Waals surface area contributed by atoms with Gasteiger partial charge in [-0.2, -0.15) is 5.10 Å². The van der Waals surface area contributed by atoms with E-state index in [1.807, 2.05) is 11.7 Å². The van der Waals surface area contributed by atoms with Crippen LogP contribution in [0.3, 0.4) is 0 Å². The lowest BCUT2D eigenvalue weighted by Crippen LogP contribution is -2.32. The third-order valence-corrected chi connectivity index (χ3v) is 4.56. The van der Waals surface area contributed by atoms with Crippen molar-refractivity contribution in [3.8, 4) is 0 Å². The Bertz CT molecular complexity index is 373. The van der Waals surface area contributed by atoms with Gasteiger partial charge in [0, 0.05) is 7.05 Å². The first-order valence-electron chi connectivity index (χ1n) is 5.87. The number of nitrogens with one attached hydrogen (secondary N) is 1. The van der Waals surface area contributed by atoms with Gasteiger partial charge in [0.25, 0.3) is 0 Å². The molecule has 5 heteroatoms. The number of hydrazine groups is 1. The lowest BCUT2D eigenvalue weighted by atomic mass is 10.0. The SMILES string of the molecule is Cn1ncc(Cl)c1C(NN)C1C2CCCC21. The predicted octanol–water partition coefficient (Wildman–Crippen LogP) is 1.62. The molecule has 3 unspecified atom stereocenters. The van der Waals surface area contributed by atoms with E-state index in [-0.39, 0.29) is 6.04 Å². The molecular formula is C11H17ClN4. The van der Waals surface area contributed by atoms with Crippen molar-refractivity contribution in [1.29, 1.82) is 0 Å². The smallest absolute Gasteiger partial charge is 0.0834 e. The van der Waals surface area contributed by atoms with Crippen LogP contribution in [0.25, 0.3) is 0 Å². The Hall–Kier alpha value is -0.580. The Morgan fingerprint density at radius 2 is 2.25 bits per heavy atom. The molecule has 0 aliphatic heterocycles. The quantitative estimate of drug-likeness (QED) is 0.624. The monoisotopic (exact) mass is 240 g/mol. The molecule has 0 amide bonds. The summed E-state index contributed by atoms with van der Waals surface area (Å²) in [5.41, 5.74) is 3.96. The molecule has 3 atom stereocenters. The van der Waals surface area contributed by atoms with Gasteiger partial charge >= 0.3 is 0 Å². The molecular weight excluding hydrogens is 224 g/mol. The molecule has 16 heavy (non-hydrogen) atoms. The number of fused-ring (bicyclic) bond motifs is 1. The highest BCUT2D eigenvalue weighted by Crippen LogP contribution is 2.62. The van der Waals surface area contributed by atoms with Crippen molar-refractivity contribution >= 4 is 11.6 Å². The summed E-state index contributed by atoms with van der Waals surface area (Å²) in [6.45, 7) is 0. The standard InChI is InChI=1S/C11H17ClN4/c1-16-11(8(12)5-14-16)10(15-13)9-6-3-2-4-7(6)9/h5-7,9-10,15H,2-4,13H2,1H3. The number of nitrogens with two attached hydrogens (primary N) is 1. The Labute approximate surface area is 100 Å². The van der Waals surface area contributed by atoms with E-state index in [0.29, 0.717) is 5.92 Å². The molecule has 2 aliphatic rings. The van der Waals surface area contributed by atoms with Crippen molar-refractivity contribution < 1.29 is 0 Å². The third kappa shape index (κ3) is 1.40. The summed E-state index contributed by atoms with van der Waals surface area (Å²) in [5, 5.41) is 4.90. The van der Waals surface area contributed by atoms with Gasteiger partial charge in [-0.15, -0.1) is 0 Å². The molecule has 1 aromatic heterocycles. The van der Waals surface area contributed by atoms with Gasteiger partial charge in [0.2, 0.25) is 0 Å². The fourth-order valence-corrected chi connectivity index (χ4v) is 3.80. The minimum absolute atomic E-state index is 0.162. The van der Waals surface area contributed by atoms with Crippen LogP contribution in [-0.2, 0) is 7.05 Å². The Balaban J connectivity index is 1.87. The highest BCUT2D eigenvalue weighted by Gasteiger charge is 2.56. The first kappa shape index (κ1) is 10.6. The van der Waals surface area contributed by atoms with E-state index in [0.717, 1.165) is 22.6 Å². The maximum Gasteiger partial charge on any atom is 0.0834 e. The van der Waals surface area contributed by atoms with Gasteiger partial charge in [0.1, 0.15) is 0 Å². The minimum Gasteiger partial charge on any atom is -0.271 e. The molecule has 88 valence electrons. The molecule has 3 rings (SSSR count). The van der Waals surface area contributed by atoms with Crippen LogP contribution in [0, 0.1) is 17.8 Å². The van der Waals surface area contributed by atoms with Gasteiger partial charge in [-0.25, -0.2) is 0 Å². The second-order valence-electron chi connectivity index (χ2n) is 4.98. The van der Waals surface area contributed by atoms with Crippen LogP contribution in [-0.4, -0.2) is 9.78 Å². The summed E-state index contributed by atoms with van der Waals surface area (Å²) in [5.74, 6) is 8.06. The molecule has 0 bridgehead atoms. The highest BCUT2D eigenvalue weighted by atomic mass is 35.5. The number of nitrogens with zero attached hydrogens (tertiary/aromatic N) is 2. The average Bonchev–Trinajstić information content (AvgIpc) is 2.63. The summed E-state index contributed by atoms with van der Waals surface area (Å²) < 4.78 is 1.83. The molecule has 0 radical (unpaired) electrons. The van der Waals surface area contributed by atoms with Crippen molar-refractivity contribution in [3.63, 3.8) is 0 Å². The Kier molecular flexibility index (Phi) is 2.46. The molecule has 4 nitrogen and oxygen atoms in total. The van der Waals surface area contributed by atoms with Gasteiger partial charge < -0.3 is 0 Å². The van der Waals surface area contributed by atoms with E-state index >= 15 is 0 Å². The molecule has 2 fully saturated rings. The summed E-state index contributed by atoms with van der Waals surface area (Å²) >= 11 is 6.17. The normalized spacial score (nSPS) is 33.8. The number of hydrogen-bond donors (Lipinski definition) is 2. The summed E-state index contributed by atoms with van der Waals surface area (Å²) in [6.07, 6.45) is 5.77. The molecule has 3 N–H and O–H groups in total. The Morgan fingerprint density at radius 1 is 1.56 bits per heavy atom. The van der Waals surface area contributed by atoms with Gasteiger partial charge in [0.05, 0.1) is 23.0 Å². The first-order valence-corrected chi connectivity index (χ1v) is 6.25. The van der Waals surface area contributed by atoms with Crippen molar-refractivity contribution in [2.45, 2.75) is 25.3 Å². The zero-order valence-electron chi connectivity index (χ0n) is 9.36. The van der Waals surface area contributed by atoms with Crippen molar-refractivity contribution in [2.24, 2.45) is 30.6 Å². The van der Waals surface area contributed by atoms with Gasteiger partial charge in [-0.1, -0.05) is 18.0 Å². The maximum atomic E-state index is 6.17. The van der Waals surface area contributed by atoms with Crippen LogP contribution in [0.2, 0.25) is 5.02 Å². The lowest BCUT2D eigenvalue weighted by molar-refractivity contribution is 0.404. The number of halogens is 1. The summed E-state index contributed by atoms with van der Waals surface area (Å²) in [6, 6.07) is 0.162. The van der Waals surface area contributed by atoms with Crippen LogP contribution < -0.4 is 11.3 Å². The second-order valence-corrected chi connectivity index (χ2v) is 5.39. The topological polar surface area (TPSA) is 55.9 Å². The minimum atomic E-state index is 0.162. The predicted molar refractivity (Wildman–Crippen MR) is 62.6 cm³/mol. The van der Waals surface area contributed by atoms with Gasteiger partial charge in [-0.05, 0) is 30.6 Å². The number of aryl methyl sites for hydroxylation is 1. The third-order valence-electron chi connectivity index (χ3n) is 4.27. The van der Waals surface area contributed by atoms with Crippen LogP contribution in [0.1, 0.15) is 31.0 Å². The fourth-order valence-electron chi connectivity index (χ4n) is 3.51. The van der Waals surface area contributed by atoms with Gasteiger partial charge in [0.15, 0.2) is 0 Å². The van der Waals surface area contributed by atoms with Crippen LogP contribution in [0.5, 0.6) is 0 Å². The Morgan fingerprint density at radius 3 is 2.75 bits per heavy atom.